The van der Waals surface area contributed by atoms with E-state index >= 15 is 0 Å². The molecule has 1 N–H and O–H groups in total. The van der Waals surface area contributed by atoms with E-state index < -0.39 is 0 Å². The van der Waals surface area contributed by atoms with Gasteiger partial charge in [-0.15, -0.1) is 0 Å². The van der Waals surface area contributed by atoms with Crippen LogP contribution in [0, 0.1) is 12.8 Å². The van der Waals surface area contributed by atoms with Gasteiger partial charge in [0.15, 0.2) is 0 Å². The van der Waals surface area contributed by atoms with Gasteiger partial charge in [-0.3, -0.25) is 9.69 Å². The molecule has 2 aliphatic heterocycles. The maximum Gasteiger partial charge on any atom is 0.324 e. The molecule has 1 fully saturated rings. The summed E-state index contributed by atoms with van der Waals surface area (Å²) in [6.07, 6.45) is 1.44. The van der Waals surface area contributed by atoms with Crippen LogP contribution in [0.25, 0.3) is 0 Å². The zero-order valence-corrected chi connectivity index (χ0v) is 15.2. The second-order valence-electron chi connectivity index (χ2n) is 7.18. The number of benzene rings is 1. The number of piperidine rings is 1. The normalized spacial score (nSPS) is 17.9. The molecule has 6 heteroatoms. The van der Waals surface area contributed by atoms with E-state index in [1.54, 1.807) is 4.90 Å². The van der Waals surface area contributed by atoms with Crippen molar-refractivity contribution in [3.63, 3.8) is 0 Å². The van der Waals surface area contributed by atoms with Crippen molar-refractivity contribution in [2.24, 2.45) is 5.92 Å². The molecule has 25 heavy (non-hydrogen) atoms. The number of nitrogens with one attached hydrogen (secondary N) is 1. The number of urea groups is 1. The van der Waals surface area contributed by atoms with E-state index in [-0.39, 0.29) is 23.9 Å². The Labute approximate surface area is 149 Å². The molecule has 6 nitrogen and oxygen atoms in total. The van der Waals surface area contributed by atoms with Crippen molar-refractivity contribution < 1.29 is 14.3 Å². The fraction of sp³-hybridized carbons (Fsp3) is 0.579. The van der Waals surface area contributed by atoms with E-state index in [0.29, 0.717) is 26.2 Å². The predicted octanol–water partition coefficient (Wildman–Crippen LogP) is 2.55. The minimum absolute atomic E-state index is 0.00525. The standard InChI is InChI=1S/C19H27N3O3/c1-13(2)20-18(23)15-6-8-21(9-7-15)19(24)22-10-11-25-17-5-4-14(3)12-16(17)22/h4-5,12-13,15H,6-11H2,1-3H3,(H,20,23). The predicted molar refractivity (Wildman–Crippen MR) is 97.0 cm³/mol. The first-order valence-electron chi connectivity index (χ1n) is 9.06. The largest absolute Gasteiger partial charge is 0.490 e. The average molecular weight is 345 g/mol. The van der Waals surface area contributed by atoms with E-state index in [9.17, 15) is 9.59 Å². The van der Waals surface area contributed by atoms with E-state index in [0.717, 1.165) is 29.8 Å². The van der Waals surface area contributed by atoms with Crippen LogP contribution >= 0.6 is 0 Å². The summed E-state index contributed by atoms with van der Waals surface area (Å²) < 4.78 is 5.67. The first-order valence-corrected chi connectivity index (χ1v) is 9.06. The molecule has 2 aliphatic rings. The van der Waals surface area contributed by atoms with E-state index in [1.807, 2.05) is 43.9 Å². The summed E-state index contributed by atoms with van der Waals surface area (Å²) in [5, 5.41) is 2.97. The number of hydrogen-bond acceptors (Lipinski definition) is 3. The van der Waals surface area contributed by atoms with E-state index in [1.165, 1.54) is 0 Å². The minimum atomic E-state index is 0.00525. The number of likely N-dealkylation sites (tertiary alicyclic amines) is 1. The van der Waals surface area contributed by atoms with E-state index in [4.69, 9.17) is 4.74 Å². The molecule has 1 aromatic rings. The lowest BCUT2D eigenvalue weighted by molar-refractivity contribution is -0.126. The first-order chi connectivity index (χ1) is 12.0. The maximum atomic E-state index is 13.0. The number of carbonyl (C=O) groups excluding carboxylic acids is 2. The summed E-state index contributed by atoms with van der Waals surface area (Å²) in [6, 6.07) is 6.08. The Morgan fingerprint density at radius 3 is 2.60 bits per heavy atom. The molecule has 0 radical (unpaired) electrons. The van der Waals surface area contributed by atoms with Crippen molar-refractivity contribution in [1.29, 1.82) is 0 Å². The minimum Gasteiger partial charge on any atom is -0.490 e. The number of anilines is 1. The summed E-state index contributed by atoms with van der Waals surface area (Å²) in [5.41, 5.74) is 1.95. The molecular weight excluding hydrogens is 318 g/mol. The Bertz CT molecular complexity index is 651. The molecule has 0 aliphatic carbocycles. The van der Waals surface area contributed by atoms with Gasteiger partial charge in [-0.1, -0.05) is 6.07 Å². The van der Waals surface area contributed by atoms with Crippen LogP contribution in [0.2, 0.25) is 0 Å². The van der Waals surface area contributed by atoms with Gasteiger partial charge in [-0.2, -0.15) is 0 Å². The van der Waals surface area contributed by atoms with Gasteiger partial charge in [-0.25, -0.2) is 4.79 Å². The van der Waals surface area contributed by atoms with Crippen LogP contribution in [0.5, 0.6) is 5.75 Å². The molecule has 2 heterocycles. The number of aryl methyl sites for hydroxylation is 1. The molecule has 1 aromatic carbocycles. The number of carbonyl (C=O) groups is 2. The number of amides is 3. The SMILES string of the molecule is Cc1ccc2c(c1)N(C(=O)N1CCC(C(=O)NC(C)C)CC1)CCO2. The lowest BCUT2D eigenvalue weighted by atomic mass is 9.96. The quantitative estimate of drug-likeness (QED) is 0.896. The van der Waals surface area contributed by atoms with Crippen molar-refractivity contribution in [2.45, 2.75) is 39.7 Å². The number of nitrogens with zero attached hydrogens (tertiary/aromatic N) is 2. The third-order valence-electron chi connectivity index (χ3n) is 4.78. The summed E-state index contributed by atoms with van der Waals surface area (Å²) in [6.45, 7) is 8.25. The highest BCUT2D eigenvalue weighted by molar-refractivity contribution is 5.94. The number of rotatable bonds is 2. The first kappa shape index (κ1) is 17.6. The monoisotopic (exact) mass is 345 g/mol. The molecule has 0 bridgehead atoms. The van der Waals surface area contributed by atoms with Crippen LogP contribution in [-0.2, 0) is 4.79 Å². The Morgan fingerprint density at radius 1 is 1.20 bits per heavy atom. The molecular formula is C19H27N3O3. The molecule has 3 rings (SSSR count). The second kappa shape index (κ2) is 7.33. The van der Waals surface area contributed by atoms with Crippen molar-refractivity contribution in [1.82, 2.24) is 10.2 Å². The summed E-state index contributed by atoms with van der Waals surface area (Å²) in [4.78, 5) is 28.8. The Kier molecular flexibility index (Phi) is 5.16. The zero-order valence-electron chi connectivity index (χ0n) is 15.2. The topological polar surface area (TPSA) is 61.9 Å². The van der Waals surface area contributed by atoms with Gasteiger partial charge in [0.1, 0.15) is 12.4 Å². The summed E-state index contributed by atoms with van der Waals surface area (Å²) >= 11 is 0. The molecule has 1 saturated heterocycles. The van der Waals surface area contributed by atoms with Gasteiger partial charge in [0.05, 0.1) is 12.2 Å². The highest BCUT2D eigenvalue weighted by Gasteiger charge is 2.32. The average Bonchev–Trinajstić information content (AvgIpc) is 2.60. The van der Waals surface area contributed by atoms with Crippen LogP contribution in [-0.4, -0.2) is 49.1 Å². The molecule has 0 spiro atoms. The highest BCUT2D eigenvalue weighted by Crippen LogP contribution is 2.33. The van der Waals surface area contributed by atoms with Crippen molar-refractivity contribution in [2.75, 3.05) is 31.1 Å². The van der Waals surface area contributed by atoms with Crippen LogP contribution < -0.4 is 15.0 Å². The van der Waals surface area contributed by atoms with Gasteiger partial charge in [-0.05, 0) is 51.3 Å². The number of fused-ring (bicyclic) bond motifs is 1. The van der Waals surface area contributed by atoms with Crippen LogP contribution in [0.15, 0.2) is 18.2 Å². The van der Waals surface area contributed by atoms with Crippen LogP contribution in [0.3, 0.4) is 0 Å². The smallest absolute Gasteiger partial charge is 0.324 e. The molecule has 3 amide bonds. The van der Waals surface area contributed by atoms with Gasteiger partial charge in [0.2, 0.25) is 5.91 Å². The highest BCUT2D eigenvalue weighted by atomic mass is 16.5. The zero-order chi connectivity index (χ0) is 18.0. The Hall–Kier alpha value is -2.24. The fourth-order valence-corrected chi connectivity index (χ4v) is 3.43. The number of ether oxygens (including phenoxy) is 1. The summed E-state index contributed by atoms with van der Waals surface area (Å²) in [5.74, 6) is 0.872. The van der Waals surface area contributed by atoms with Gasteiger partial charge in [0.25, 0.3) is 0 Å². The van der Waals surface area contributed by atoms with Gasteiger partial charge in [0, 0.05) is 25.0 Å². The Balaban J connectivity index is 1.64. The van der Waals surface area contributed by atoms with Crippen molar-refractivity contribution in [3.05, 3.63) is 23.8 Å². The molecule has 0 aromatic heterocycles. The van der Waals surface area contributed by atoms with Crippen LogP contribution in [0.1, 0.15) is 32.3 Å². The van der Waals surface area contributed by atoms with Crippen LogP contribution in [0.4, 0.5) is 10.5 Å². The second-order valence-corrected chi connectivity index (χ2v) is 7.18. The Morgan fingerprint density at radius 2 is 1.92 bits per heavy atom. The summed E-state index contributed by atoms with van der Waals surface area (Å²) in [7, 11) is 0. The van der Waals surface area contributed by atoms with Crippen molar-refractivity contribution in [3.8, 4) is 5.75 Å². The lowest BCUT2D eigenvalue weighted by Gasteiger charge is -2.37. The van der Waals surface area contributed by atoms with Gasteiger partial charge < -0.3 is 15.0 Å². The molecule has 0 saturated carbocycles. The third-order valence-corrected chi connectivity index (χ3v) is 4.78. The maximum absolute atomic E-state index is 13.0. The lowest BCUT2D eigenvalue weighted by Crippen LogP contribution is -2.50. The molecule has 0 atom stereocenters. The molecule has 0 unspecified atom stereocenters. The third kappa shape index (κ3) is 3.89. The fourth-order valence-electron chi connectivity index (χ4n) is 3.43. The molecule has 136 valence electrons. The van der Waals surface area contributed by atoms with E-state index in [2.05, 4.69) is 5.32 Å². The van der Waals surface area contributed by atoms with Gasteiger partial charge >= 0.3 is 6.03 Å². The van der Waals surface area contributed by atoms with Crippen molar-refractivity contribution >= 4 is 17.6 Å². The number of hydrogen-bond donors (Lipinski definition) is 1.